The Morgan fingerprint density at radius 1 is 0.906 bits per heavy atom. The minimum Gasteiger partial charge on any atom is -0.325 e. The van der Waals surface area contributed by atoms with E-state index in [2.05, 4.69) is 10.6 Å². The molecule has 8 heteroatoms. The largest absolute Gasteiger partial charge is 0.325 e. The average molecular weight is 450 g/mol. The number of nitrogens with one attached hydrogen (secondary N) is 2. The number of rotatable bonds is 5. The van der Waals surface area contributed by atoms with Crippen LogP contribution in [0.3, 0.4) is 0 Å². The molecule has 0 aromatic heterocycles. The molecule has 1 aliphatic rings. The molecular formula is C24H23N3O4S. The highest BCUT2D eigenvalue weighted by molar-refractivity contribution is 7.92. The van der Waals surface area contributed by atoms with Crippen molar-refractivity contribution in [1.29, 1.82) is 0 Å². The molecule has 0 unspecified atom stereocenters. The van der Waals surface area contributed by atoms with E-state index < -0.39 is 15.9 Å². The molecule has 0 atom stereocenters. The molecule has 0 bridgehead atoms. The third kappa shape index (κ3) is 4.22. The normalized spacial score (nSPS) is 12.9. The number of sulfonamides is 1. The Morgan fingerprint density at radius 3 is 2.47 bits per heavy atom. The van der Waals surface area contributed by atoms with E-state index in [1.54, 1.807) is 30.3 Å². The van der Waals surface area contributed by atoms with E-state index >= 15 is 0 Å². The van der Waals surface area contributed by atoms with E-state index in [1.165, 1.54) is 23.4 Å². The minimum atomic E-state index is -3.82. The first-order chi connectivity index (χ1) is 15.3. The molecule has 4 rings (SSSR count). The number of aryl methyl sites for hydroxylation is 1. The van der Waals surface area contributed by atoms with Crippen LogP contribution in [0.4, 0.5) is 17.1 Å². The van der Waals surface area contributed by atoms with Gasteiger partial charge in [0.2, 0.25) is 5.91 Å². The molecule has 1 heterocycles. The maximum Gasteiger partial charge on any atom is 0.264 e. The lowest BCUT2D eigenvalue weighted by molar-refractivity contribution is -0.114. The van der Waals surface area contributed by atoms with Crippen LogP contribution >= 0.6 is 0 Å². The summed E-state index contributed by atoms with van der Waals surface area (Å²) in [5, 5.41) is 5.46. The van der Waals surface area contributed by atoms with Crippen LogP contribution < -0.4 is 14.9 Å². The molecule has 0 fully saturated rings. The Morgan fingerprint density at radius 2 is 1.69 bits per heavy atom. The van der Waals surface area contributed by atoms with Crippen LogP contribution in [0.1, 0.15) is 28.4 Å². The molecule has 0 saturated carbocycles. The fourth-order valence-electron chi connectivity index (χ4n) is 3.74. The summed E-state index contributed by atoms with van der Waals surface area (Å²) < 4.78 is 28.0. The van der Waals surface area contributed by atoms with Crippen molar-refractivity contribution in [3.05, 3.63) is 83.4 Å². The first-order valence-electron chi connectivity index (χ1n) is 10.2. The molecular weight excluding hydrogens is 426 g/mol. The number of carbonyl (C=O) groups excluding carboxylic acids is 2. The summed E-state index contributed by atoms with van der Waals surface area (Å²) >= 11 is 0. The maximum absolute atomic E-state index is 13.3. The second kappa shape index (κ2) is 8.47. The van der Waals surface area contributed by atoms with Gasteiger partial charge in [0.15, 0.2) is 0 Å². The monoisotopic (exact) mass is 449 g/mol. The fourth-order valence-corrected chi connectivity index (χ4v) is 5.29. The van der Waals surface area contributed by atoms with Crippen LogP contribution in [-0.2, 0) is 21.2 Å². The lowest BCUT2D eigenvalue weighted by atomic mass is 10.1. The van der Waals surface area contributed by atoms with Crippen molar-refractivity contribution in [2.45, 2.75) is 25.2 Å². The SMILES string of the molecule is CC(=O)Nc1ccc(C)cc1NC(=O)c1cccc(S(=O)(=O)N2CCc3ccccc32)c1. The van der Waals surface area contributed by atoms with E-state index in [0.29, 0.717) is 30.0 Å². The van der Waals surface area contributed by atoms with Gasteiger partial charge in [-0.3, -0.25) is 13.9 Å². The van der Waals surface area contributed by atoms with Crippen LogP contribution in [0.15, 0.2) is 71.6 Å². The van der Waals surface area contributed by atoms with Gasteiger partial charge in [0, 0.05) is 19.0 Å². The van der Waals surface area contributed by atoms with Crippen molar-refractivity contribution in [1.82, 2.24) is 0 Å². The number of para-hydroxylation sites is 1. The van der Waals surface area contributed by atoms with Gasteiger partial charge in [0.1, 0.15) is 0 Å². The summed E-state index contributed by atoms with van der Waals surface area (Å²) in [6.45, 7) is 3.62. The van der Waals surface area contributed by atoms with Gasteiger partial charge in [-0.25, -0.2) is 8.42 Å². The van der Waals surface area contributed by atoms with Gasteiger partial charge in [0.25, 0.3) is 15.9 Å². The van der Waals surface area contributed by atoms with Gasteiger partial charge in [-0.2, -0.15) is 0 Å². The molecule has 2 N–H and O–H groups in total. The summed E-state index contributed by atoms with van der Waals surface area (Å²) in [4.78, 5) is 24.5. The number of hydrogen-bond donors (Lipinski definition) is 2. The third-order valence-corrected chi connectivity index (χ3v) is 7.07. The molecule has 1 aliphatic heterocycles. The Labute approximate surface area is 187 Å². The average Bonchev–Trinajstić information content (AvgIpc) is 3.20. The topological polar surface area (TPSA) is 95.6 Å². The number of benzene rings is 3. The van der Waals surface area contributed by atoms with E-state index in [9.17, 15) is 18.0 Å². The van der Waals surface area contributed by atoms with Crippen molar-refractivity contribution in [3.63, 3.8) is 0 Å². The molecule has 7 nitrogen and oxygen atoms in total. The molecule has 3 aromatic carbocycles. The van der Waals surface area contributed by atoms with E-state index in [4.69, 9.17) is 0 Å². The zero-order valence-corrected chi connectivity index (χ0v) is 18.6. The zero-order chi connectivity index (χ0) is 22.9. The van der Waals surface area contributed by atoms with Gasteiger partial charge in [-0.15, -0.1) is 0 Å². The van der Waals surface area contributed by atoms with Gasteiger partial charge in [-0.05, 0) is 60.9 Å². The Bertz CT molecular complexity index is 1320. The first kappa shape index (κ1) is 21.6. The predicted octanol–water partition coefficient (Wildman–Crippen LogP) is 3.96. The van der Waals surface area contributed by atoms with Crippen LogP contribution in [0, 0.1) is 6.92 Å². The van der Waals surface area contributed by atoms with Crippen LogP contribution in [0.25, 0.3) is 0 Å². The molecule has 3 aromatic rings. The summed E-state index contributed by atoms with van der Waals surface area (Å²) in [6, 6.07) is 18.6. The quantitative estimate of drug-likeness (QED) is 0.616. The summed E-state index contributed by atoms with van der Waals surface area (Å²) in [7, 11) is -3.82. The number of hydrogen-bond acceptors (Lipinski definition) is 4. The second-order valence-corrected chi connectivity index (χ2v) is 9.53. The lowest BCUT2D eigenvalue weighted by Gasteiger charge is -2.20. The van der Waals surface area contributed by atoms with E-state index in [0.717, 1.165) is 11.1 Å². The molecule has 2 amide bonds. The summed E-state index contributed by atoms with van der Waals surface area (Å²) in [5.41, 5.74) is 3.66. The number of nitrogens with zero attached hydrogens (tertiary/aromatic N) is 1. The van der Waals surface area contributed by atoms with Gasteiger partial charge < -0.3 is 10.6 Å². The number of fused-ring (bicyclic) bond motifs is 1. The summed E-state index contributed by atoms with van der Waals surface area (Å²) in [5.74, 6) is -0.732. The number of anilines is 3. The summed E-state index contributed by atoms with van der Waals surface area (Å²) in [6.07, 6.45) is 0.648. The molecule has 0 spiro atoms. The molecule has 0 radical (unpaired) electrons. The lowest BCUT2D eigenvalue weighted by Crippen LogP contribution is -2.29. The van der Waals surface area contributed by atoms with Crippen molar-refractivity contribution in [2.75, 3.05) is 21.5 Å². The van der Waals surface area contributed by atoms with E-state index in [-0.39, 0.29) is 16.4 Å². The van der Waals surface area contributed by atoms with Crippen LogP contribution in [0.5, 0.6) is 0 Å². The van der Waals surface area contributed by atoms with E-state index in [1.807, 2.05) is 31.2 Å². The molecule has 0 saturated heterocycles. The van der Waals surface area contributed by atoms with Crippen LogP contribution in [0.2, 0.25) is 0 Å². The minimum absolute atomic E-state index is 0.0492. The highest BCUT2D eigenvalue weighted by Gasteiger charge is 2.31. The number of amides is 2. The van der Waals surface area contributed by atoms with Crippen molar-refractivity contribution in [3.8, 4) is 0 Å². The zero-order valence-electron chi connectivity index (χ0n) is 17.8. The molecule has 164 valence electrons. The maximum atomic E-state index is 13.3. The molecule has 32 heavy (non-hydrogen) atoms. The predicted molar refractivity (Wildman–Crippen MR) is 125 cm³/mol. The Hall–Kier alpha value is -3.65. The molecule has 0 aliphatic carbocycles. The fraction of sp³-hybridized carbons (Fsp3) is 0.167. The second-order valence-electron chi connectivity index (χ2n) is 7.67. The van der Waals surface area contributed by atoms with Crippen LogP contribution in [-0.4, -0.2) is 26.8 Å². The number of carbonyl (C=O) groups is 2. The smallest absolute Gasteiger partial charge is 0.264 e. The van der Waals surface area contributed by atoms with Crippen molar-refractivity contribution < 1.29 is 18.0 Å². The van der Waals surface area contributed by atoms with Crippen molar-refractivity contribution >= 4 is 38.9 Å². The Kier molecular flexibility index (Phi) is 5.71. The highest BCUT2D eigenvalue weighted by Crippen LogP contribution is 2.33. The Balaban J connectivity index is 1.62. The first-order valence-corrected chi connectivity index (χ1v) is 11.6. The van der Waals surface area contributed by atoms with Gasteiger partial charge in [-0.1, -0.05) is 30.3 Å². The standard InChI is InChI=1S/C24H23N3O4S/c1-16-10-11-21(25-17(2)28)22(14-16)26-24(29)19-7-5-8-20(15-19)32(30,31)27-13-12-18-6-3-4-9-23(18)27/h3-11,14-15H,12-13H2,1-2H3,(H,25,28)(H,26,29). The highest BCUT2D eigenvalue weighted by atomic mass is 32.2. The van der Waals surface area contributed by atoms with Gasteiger partial charge >= 0.3 is 0 Å². The van der Waals surface area contributed by atoms with Crippen molar-refractivity contribution in [2.24, 2.45) is 0 Å². The van der Waals surface area contributed by atoms with Gasteiger partial charge in [0.05, 0.1) is 22.0 Å². The third-order valence-electron chi connectivity index (χ3n) is 5.26.